The number of amides is 4. The number of hydrogen-bond donors (Lipinski definition) is 4. The molecule has 1 aliphatic heterocycles. The number of thiol groups is 1. The van der Waals surface area contributed by atoms with Crippen molar-refractivity contribution in [2.45, 2.75) is 95.8 Å². The molecule has 2 heterocycles. The topological polar surface area (TPSA) is 138 Å². The molecule has 206 valence electrons. The monoisotopic (exact) mass is 535 g/mol. The molecule has 3 N–H and O–H groups in total. The summed E-state index contributed by atoms with van der Waals surface area (Å²) in [6.45, 7) is 0.766. The van der Waals surface area contributed by atoms with Gasteiger partial charge in [0.2, 0.25) is 23.6 Å². The van der Waals surface area contributed by atoms with E-state index in [1.807, 2.05) is 0 Å². The summed E-state index contributed by atoms with van der Waals surface area (Å²) >= 11 is 4.25. The van der Waals surface area contributed by atoms with Gasteiger partial charge in [-0.3, -0.25) is 19.2 Å². The highest BCUT2D eigenvalue weighted by molar-refractivity contribution is 7.80. The molecule has 4 amide bonds. The molecule has 0 spiro atoms. The number of hydrogen-bond acceptors (Lipinski definition) is 7. The second kappa shape index (κ2) is 14.9. The third-order valence-corrected chi connectivity index (χ3v) is 7.51. The second-order valence-electron chi connectivity index (χ2n) is 9.96. The second-order valence-corrected chi connectivity index (χ2v) is 10.4. The van der Waals surface area contributed by atoms with E-state index in [4.69, 9.17) is 0 Å². The highest BCUT2D eigenvalue weighted by Crippen LogP contribution is 2.29. The Morgan fingerprint density at radius 1 is 1.08 bits per heavy atom. The summed E-state index contributed by atoms with van der Waals surface area (Å²) in [4.78, 5) is 52.8. The molecule has 1 aromatic rings. The third kappa shape index (κ3) is 8.72. The molecule has 0 unspecified atom stereocenters. The smallest absolute Gasteiger partial charge is 0.243 e. The molecule has 11 nitrogen and oxygen atoms in total. The zero-order valence-electron chi connectivity index (χ0n) is 21.8. The standard InChI is InChI=1S/C25H41N7O4S/c1-26-22(33)17-31-16-19(29-30-31)15-27-23(34)20(11-6-3-7-14-37)28-24(35)21-12-8-13-32(21)25(36)18-9-4-2-5-10-18/h16,18,20-21,37H,2-15,17H2,1H3,(H,26,33)(H,27,34)(H,28,35)/t20-,21-/m0/s1. The van der Waals surface area contributed by atoms with Gasteiger partial charge < -0.3 is 20.9 Å². The number of rotatable bonds is 13. The van der Waals surface area contributed by atoms with Crippen LogP contribution in [0.3, 0.4) is 0 Å². The molecule has 2 aliphatic rings. The summed E-state index contributed by atoms with van der Waals surface area (Å²) < 4.78 is 1.40. The average Bonchev–Trinajstić information content (AvgIpc) is 3.59. The first-order valence-corrected chi connectivity index (χ1v) is 14.1. The minimum atomic E-state index is -0.708. The maximum Gasteiger partial charge on any atom is 0.243 e. The zero-order chi connectivity index (χ0) is 26.6. The van der Waals surface area contributed by atoms with Crippen molar-refractivity contribution in [3.63, 3.8) is 0 Å². The first-order chi connectivity index (χ1) is 17.9. The minimum Gasteiger partial charge on any atom is -0.358 e. The van der Waals surface area contributed by atoms with Gasteiger partial charge in [0.1, 0.15) is 24.3 Å². The molecule has 2 fully saturated rings. The lowest BCUT2D eigenvalue weighted by molar-refractivity contribution is -0.143. The van der Waals surface area contributed by atoms with Crippen molar-refractivity contribution in [1.29, 1.82) is 0 Å². The maximum atomic E-state index is 13.3. The van der Waals surface area contributed by atoms with E-state index >= 15 is 0 Å². The van der Waals surface area contributed by atoms with Crippen LogP contribution in [0, 0.1) is 5.92 Å². The lowest BCUT2D eigenvalue weighted by Crippen LogP contribution is -2.53. The third-order valence-electron chi connectivity index (χ3n) is 7.19. The Labute approximate surface area is 224 Å². The number of likely N-dealkylation sites (tertiary alicyclic amines) is 1. The summed E-state index contributed by atoms with van der Waals surface area (Å²) in [6, 6.07) is -1.23. The Bertz CT molecular complexity index is 919. The quantitative estimate of drug-likeness (QED) is 0.221. The van der Waals surface area contributed by atoms with E-state index in [2.05, 4.69) is 38.9 Å². The van der Waals surface area contributed by atoms with Gasteiger partial charge in [-0.2, -0.15) is 12.6 Å². The van der Waals surface area contributed by atoms with Crippen molar-refractivity contribution in [2.75, 3.05) is 19.3 Å². The first-order valence-electron chi connectivity index (χ1n) is 13.5. The molecule has 1 saturated carbocycles. The molecular formula is C25H41N7O4S. The van der Waals surface area contributed by atoms with E-state index in [-0.39, 0.29) is 42.6 Å². The predicted molar refractivity (Wildman–Crippen MR) is 141 cm³/mol. The highest BCUT2D eigenvalue weighted by atomic mass is 32.1. The molecule has 3 rings (SSSR count). The molecule has 0 bridgehead atoms. The predicted octanol–water partition coefficient (Wildman–Crippen LogP) is 1.19. The summed E-state index contributed by atoms with van der Waals surface area (Å²) in [5, 5.41) is 16.2. The molecule has 0 aromatic carbocycles. The van der Waals surface area contributed by atoms with Crippen molar-refractivity contribution < 1.29 is 19.2 Å². The number of aromatic nitrogens is 3. The Balaban J connectivity index is 1.58. The molecule has 1 aliphatic carbocycles. The van der Waals surface area contributed by atoms with E-state index in [0.29, 0.717) is 25.1 Å². The lowest BCUT2D eigenvalue weighted by atomic mass is 9.88. The van der Waals surface area contributed by atoms with Crippen molar-refractivity contribution in [3.05, 3.63) is 11.9 Å². The van der Waals surface area contributed by atoms with Gasteiger partial charge >= 0.3 is 0 Å². The van der Waals surface area contributed by atoms with Crippen molar-refractivity contribution >= 4 is 36.3 Å². The lowest BCUT2D eigenvalue weighted by Gasteiger charge is -2.31. The van der Waals surface area contributed by atoms with Crippen LogP contribution in [0.25, 0.3) is 0 Å². The Morgan fingerprint density at radius 2 is 1.86 bits per heavy atom. The van der Waals surface area contributed by atoms with Crippen LogP contribution in [0.4, 0.5) is 0 Å². The average molecular weight is 536 g/mol. The Kier molecular flexibility index (Phi) is 11.7. The molecule has 0 radical (unpaired) electrons. The number of carbonyl (C=O) groups is 4. The van der Waals surface area contributed by atoms with Crippen LogP contribution in [0.1, 0.15) is 76.3 Å². The van der Waals surface area contributed by atoms with Crippen molar-refractivity contribution in [3.8, 4) is 0 Å². The normalized spacial score (nSPS) is 18.9. The minimum absolute atomic E-state index is 0.0132. The Morgan fingerprint density at radius 3 is 2.59 bits per heavy atom. The Hall–Kier alpha value is -2.63. The van der Waals surface area contributed by atoms with E-state index in [1.54, 1.807) is 18.1 Å². The summed E-state index contributed by atoms with van der Waals surface area (Å²) in [5.74, 6) is 0.115. The van der Waals surface area contributed by atoms with Gasteiger partial charge in [-0.25, -0.2) is 4.68 Å². The van der Waals surface area contributed by atoms with Crippen LogP contribution in [0.5, 0.6) is 0 Å². The fourth-order valence-electron chi connectivity index (χ4n) is 5.08. The van der Waals surface area contributed by atoms with Crippen molar-refractivity contribution in [1.82, 2.24) is 35.8 Å². The summed E-state index contributed by atoms with van der Waals surface area (Å²) in [6.07, 6.45) is 11.2. The SMILES string of the molecule is CNC(=O)Cn1cc(CNC(=O)[C@H](CCCCCS)NC(=O)[C@@H]2CCCN2C(=O)C2CCCCC2)nn1. The number of nitrogens with one attached hydrogen (secondary N) is 3. The maximum absolute atomic E-state index is 13.3. The molecule has 2 atom stereocenters. The number of carbonyl (C=O) groups excluding carboxylic acids is 4. The van der Waals surface area contributed by atoms with Crippen LogP contribution in [-0.4, -0.2) is 75.0 Å². The van der Waals surface area contributed by atoms with Gasteiger partial charge in [0, 0.05) is 19.5 Å². The van der Waals surface area contributed by atoms with Gasteiger partial charge in [-0.15, -0.1) is 5.10 Å². The number of nitrogens with zero attached hydrogens (tertiary/aromatic N) is 4. The van der Waals surface area contributed by atoms with Crippen molar-refractivity contribution in [2.24, 2.45) is 5.92 Å². The van der Waals surface area contributed by atoms with Crippen LogP contribution in [-0.2, 0) is 32.3 Å². The highest BCUT2D eigenvalue weighted by Gasteiger charge is 2.38. The van der Waals surface area contributed by atoms with E-state index in [0.717, 1.165) is 57.1 Å². The van der Waals surface area contributed by atoms with Gasteiger partial charge in [-0.05, 0) is 44.3 Å². The molecular weight excluding hydrogens is 494 g/mol. The largest absolute Gasteiger partial charge is 0.358 e. The summed E-state index contributed by atoms with van der Waals surface area (Å²) in [7, 11) is 1.54. The molecule has 1 aromatic heterocycles. The van der Waals surface area contributed by atoms with Crippen LogP contribution < -0.4 is 16.0 Å². The van der Waals surface area contributed by atoms with Crippen LogP contribution in [0.15, 0.2) is 6.20 Å². The van der Waals surface area contributed by atoms with Gasteiger partial charge in [0.15, 0.2) is 0 Å². The van der Waals surface area contributed by atoms with Crippen LogP contribution in [0.2, 0.25) is 0 Å². The van der Waals surface area contributed by atoms with Gasteiger partial charge in [0.05, 0.1) is 12.7 Å². The number of unbranched alkanes of at least 4 members (excludes halogenated alkanes) is 2. The molecule has 1 saturated heterocycles. The van der Waals surface area contributed by atoms with Gasteiger partial charge in [0.25, 0.3) is 0 Å². The first kappa shape index (κ1) is 28.9. The molecule has 37 heavy (non-hydrogen) atoms. The molecule has 12 heteroatoms. The van der Waals surface area contributed by atoms with Crippen LogP contribution >= 0.6 is 12.6 Å². The van der Waals surface area contributed by atoms with Gasteiger partial charge in [-0.1, -0.05) is 37.3 Å². The number of likely N-dealkylation sites (N-methyl/N-ethyl adjacent to an activating group) is 1. The van der Waals surface area contributed by atoms with E-state index in [9.17, 15) is 19.2 Å². The van der Waals surface area contributed by atoms with E-state index < -0.39 is 12.1 Å². The fourth-order valence-corrected chi connectivity index (χ4v) is 5.31. The zero-order valence-corrected chi connectivity index (χ0v) is 22.7. The summed E-state index contributed by atoms with van der Waals surface area (Å²) in [5.41, 5.74) is 0.512. The van der Waals surface area contributed by atoms with E-state index in [1.165, 1.54) is 11.1 Å². The fraction of sp³-hybridized carbons (Fsp3) is 0.760.